The van der Waals surface area contributed by atoms with Gasteiger partial charge in [-0.3, -0.25) is 14.4 Å². The highest BCUT2D eigenvalue weighted by atomic mass is 16.6. The number of nitrogens with zero attached hydrogens (tertiary/aromatic N) is 1. The van der Waals surface area contributed by atoms with Crippen LogP contribution in [0.4, 0.5) is 4.79 Å². The Morgan fingerprint density at radius 2 is 1.50 bits per heavy atom. The molecule has 0 saturated carbocycles. The average Bonchev–Trinajstić information content (AvgIpc) is 2.59. The molecule has 0 radical (unpaired) electrons. The molecule has 9 heteroatoms. The molecule has 0 aliphatic carbocycles. The van der Waals surface area contributed by atoms with Gasteiger partial charge in [-0.05, 0) is 13.3 Å². The predicted octanol–water partition coefficient (Wildman–Crippen LogP) is 0.750. The lowest BCUT2D eigenvalue weighted by molar-refractivity contribution is -0.147. The third kappa shape index (κ3) is 8.35. The Morgan fingerprint density at radius 1 is 0.917 bits per heavy atom. The molecule has 0 rings (SSSR count). The highest BCUT2D eigenvalue weighted by Gasteiger charge is 2.27. The van der Waals surface area contributed by atoms with Crippen LogP contribution < -0.4 is 0 Å². The van der Waals surface area contributed by atoms with E-state index >= 15 is 0 Å². The summed E-state index contributed by atoms with van der Waals surface area (Å²) in [5.74, 6) is -2.27. The second-order valence-electron chi connectivity index (χ2n) is 4.81. The molecule has 0 aromatic rings. The Kier molecular flexibility index (Phi) is 11.0. The van der Waals surface area contributed by atoms with E-state index in [1.807, 2.05) is 0 Å². The van der Waals surface area contributed by atoms with Gasteiger partial charge >= 0.3 is 24.0 Å². The minimum Gasteiger partial charge on any atom is -0.469 e. The van der Waals surface area contributed by atoms with Gasteiger partial charge < -0.3 is 23.8 Å². The molecule has 9 nitrogen and oxygen atoms in total. The molecule has 0 aromatic carbocycles. The third-order valence-electron chi connectivity index (χ3n) is 3.24. The van der Waals surface area contributed by atoms with Crippen molar-refractivity contribution >= 4 is 24.0 Å². The summed E-state index contributed by atoms with van der Waals surface area (Å²) >= 11 is 0. The van der Waals surface area contributed by atoms with Crippen molar-refractivity contribution in [3.63, 3.8) is 0 Å². The van der Waals surface area contributed by atoms with Crippen LogP contribution in [0.2, 0.25) is 0 Å². The number of esters is 3. The molecular formula is C15H25NO8. The standard InChI is InChI=1S/C15H25NO8/c1-5-24-15(20)16(9-8-13(18)22-3)10-11(14(19)23-4)6-7-12(17)21-2/h11H,5-10H2,1-4H3. The van der Waals surface area contributed by atoms with Crippen LogP contribution in [-0.2, 0) is 33.3 Å². The van der Waals surface area contributed by atoms with Gasteiger partial charge in [-0.2, -0.15) is 0 Å². The third-order valence-corrected chi connectivity index (χ3v) is 3.24. The van der Waals surface area contributed by atoms with Crippen molar-refractivity contribution in [1.82, 2.24) is 4.90 Å². The maximum absolute atomic E-state index is 12.0. The van der Waals surface area contributed by atoms with Crippen LogP contribution in [0.5, 0.6) is 0 Å². The molecule has 0 aliphatic rings. The number of carbonyl (C=O) groups excluding carboxylic acids is 4. The van der Waals surface area contributed by atoms with Crippen molar-refractivity contribution in [2.75, 3.05) is 41.0 Å². The first kappa shape index (κ1) is 21.7. The summed E-state index contributed by atoms with van der Waals surface area (Å²) < 4.78 is 18.7. The molecule has 0 saturated heterocycles. The summed E-state index contributed by atoms with van der Waals surface area (Å²) in [5, 5.41) is 0. The SMILES string of the molecule is CCOC(=O)N(CCC(=O)OC)CC(CCC(=O)OC)C(=O)OC. The van der Waals surface area contributed by atoms with Gasteiger partial charge in [0.25, 0.3) is 0 Å². The van der Waals surface area contributed by atoms with Gasteiger partial charge in [-0.1, -0.05) is 0 Å². The lowest BCUT2D eigenvalue weighted by Crippen LogP contribution is -2.40. The maximum Gasteiger partial charge on any atom is 0.409 e. The van der Waals surface area contributed by atoms with Crippen LogP contribution in [0, 0.1) is 5.92 Å². The Balaban J connectivity index is 4.96. The predicted molar refractivity (Wildman–Crippen MR) is 82.0 cm³/mol. The van der Waals surface area contributed by atoms with Crippen LogP contribution >= 0.6 is 0 Å². The molecular weight excluding hydrogens is 322 g/mol. The molecule has 1 unspecified atom stereocenters. The molecule has 1 amide bonds. The van der Waals surface area contributed by atoms with Crippen LogP contribution in [-0.4, -0.2) is 69.9 Å². The summed E-state index contributed by atoms with van der Waals surface area (Å²) in [6.45, 7) is 1.78. The fraction of sp³-hybridized carbons (Fsp3) is 0.733. The average molecular weight is 347 g/mol. The Bertz CT molecular complexity index is 437. The number of amides is 1. The molecule has 0 aliphatic heterocycles. The van der Waals surface area contributed by atoms with E-state index in [1.165, 1.54) is 26.2 Å². The van der Waals surface area contributed by atoms with E-state index in [1.54, 1.807) is 6.92 Å². The zero-order valence-corrected chi connectivity index (χ0v) is 14.5. The van der Waals surface area contributed by atoms with Crippen molar-refractivity contribution in [3.05, 3.63) is 0 Å². The van der Waals surface area contributed by atoms with Crippen LogP contribution in [0.25, 0.3) is 0 Å². The Hall–Kier alpha value is -2.32. The fourth-order valence-corrected chi connectivity index (χ4v) is 1.91. The number of hydrogen-bond acceptors (Lipinski definition) is 8. The van der Waals surface area contributed by atoms with E-state index in [-0.39, 0.29) is 39.0 Å². The fourth-order valence-electron chi connectivity index (χ4n) is 1.91. The first-order chi connectivity index (χ1) is 11.4. The molecule has 0 heterocycles. The molecule has 1 atom stereocenters. The van der Waals surface area contributed by atoms with Crippen molar-refractivity contribution < 1.29 is 38.1 Å². The highest BCUT2D eigenvalue weighted by Crippen LogP contribution is 2.13. The van der Waals surface area contributed by atoms with Crippen molar-refractivity contribution in [1.29, 1.82) is 0 Å². The maximum atomic E-state index is 12.0. The number of methoxy groups -OCH3 is 3. The van der Waals surface area contributed by atoms with Gasteiger partial charge in [-0.25, -0.2) is 4.79 Å². The molecule has 24 heavy (non-hydrogen) atoms. The van der Waals surface area contributed by atoms with E-state index in [0.717, 1.165) is 0 Å². The molecule has 0 aromatic heterocycles. The number of rotatable bonds is 10. The zero-order chi connectivity index (χ0) is 18.5. The molecule has 0 N–H and O–H groups in total. The van der Waals surface area contributed by atoms with Crippen LogP contribution in [0.3, 0.4) is 0 Å². The van der Waals surface area contributed by atoms with Crippen molar-refractivity contribution in [2.45, 2.75) is 26.2 Å². The Labute approximate surface area is 141 Å². The minimum atomic E-state index is -0.740. The number of hydrogen-bond donors (Lipinski definition) is 0. The molecule has 138 valence electrons. The van der Waals surface area contributed by atoms with Crippen molar-refractivity contribution in [3.8, 4) is 0 Å². The summed E-state index contributed by atoms with van der Waals surface area (Å²) in [7, 11) is 3.71. The largest absolute Gasteiger partial charge is 0.469 e. The van der Waals surface area contributed by atoms with Crippen molar-refractivity contribution in [2.24, 2.45) is 5.92 Å². The number of ether oxygens (including phenoxy) is 4. The first-order valence-corrected chi connectivity index (χ1v) is 7.52. The quantitative estimate of drug-likeness (QED) is 0.421. The van der Waals surface area contributed by atoms with Gasteiger partial charge in [0.2, 0.25) is 0 Å². The van der Waals surface area contributed by atoms with E-state index in [4.69, 9.17) is 9.47 Å². The summed E-state index contributed by atoms with van der Waals surface area (Å²) in [6, 6.07) is 0. The van der Waals surface area contributed by atoms with E-state index < -0.39 is 29.9 Å². The molecule has 0 bridgehead atoms. The van der Waals surface area contributed by atoms with E-state index in [2.05, 4.69) is 9.47 Å². The second kappa shape index (κ2) is 12.1. The first-order valence-electron chi connectivity index (χ1n) is 7.52. The highest BCUT2D eigenvalue weighted by molar-refractivity contribution is 5.76. The minimum absolute atomic E-state index is 0.00390. The topological polar surface area (TPSA) is 108 Å². The van der Waals surface area contributed by atoms with Gasteiger partial charge in [0.05, 0.1) is 40.3 Å². The summed E-state index contributed by atoms with van der Waals surface area (Å²) in [6.07, 6.45) is -0.550. The van der Waals surface area contributed by atoms with Crippen LogP contribution in [0.15, 0.2) is 0 Å². The van der Waals surface area contributed by atoms with Gasteiger partial charge in [0.15, 0.2) is 0 Å². The van der Waals surface area contributed by atoms with Gasteiger partial charge in [0.1, 0.15) is 0 Å². The summed E-state index contributed by atoms with van der Waals surface area (Å²) in [4.78, 5) is 47.6. The normalized spacial score (nSPS) is 11.2. The second-order valence-corrected chi connectivity index (χ2v) is 4.81. The molecule has 0 spiro atoms. The van der Waals surface area contributed by atoms with E-state index in [0.29, 0.717) is 0 Å². The smallest absolute Gasteiger partial charge is 0.409 e. The monoisotopic (exact) mass is 347 g/mol. The lowest BCUT2D eigenvalue weighted by Gasteiger charge is -2.25. The summed E-state index contributed by atoms with van der Waals surface area (Å²) in [5.41, 5.74) is 0. The van der Waals surface area contributed by atoms with E-state index in [9.17, 15) is 19.2 Å². The van der Waals surface area contributed by atoms with Crippen LogP contribution in [0.1, 0.15) is 26.2 Å². The molecule has 0 fully saturated rings. The Morgan fingerprint density at radius 3 is 2.00 bits per heavy atom. The number of carbonyl (C=O) groups is 4. The van der Waals surface area contributed by atoms with Gasteiger partial charge in [-0.15, -0.1) is 0 Å². The lowest BCUT2D eigenvalue weighted by atomic mass is 10.0. The zero-order valence-electron chi connectivity index (χ0n) is 14.5. The van der Waals surface area contributed by atoms with Gasteiger partial charge in [0, 0.05) is 19.5 Å².